The number of amides is 8. The molecule has 0 radical (unpaired) electrons. The van der Waals surface area contributed by atoms with Crippen LogP contribution in [0.25, 0.3) is 0 Å². The van der Waals surface area contributed by atoms with E-state index < -0.39 is 96.2 Å². The van der Waals surface area contributed by atoms with Crippen LogP contribution >= 0.6 is 0 Å². The first kappa shape index (κ1) is 71.5. The molecule has 0 aromatic heterocycles. The number of rotatable bonds is 41. The molecule has 78 heavy (non-hydrogen) atoms. The van der Waals surface area contributed by atoms with Gasteiger partial charge in [-0.05, 0) is 155 Å². The zero-order chi connectivity index (χ0) is 57.6. The average Bonchev–Trinajstić information content (AvgIpc) is 3.42. The molecule has 0 aromatic rings. The van der Waals surface area contributed by atoms with Crippen molar-refractivity contribution >= 4 is 47.3 Å². The second-order valence-corrected chi connectivity index (χ2v) is 21.3. The Morgan fingerprint density at radius 2 is 0.897 bits per heavy atom. The topological polar surface area (TPSA) is 383 Å². The summed E-state index contributed by atoms with van der Waals surface area (Å²) in [4.78, 5) is 111. The molecule has 1 aliphatic rings. The summed E-state index contributed by atoms with van der Waals surface area (Å²) in [5.74, 6) is -4.80. The molecule has 0 unspecified atom stereocenters. The maximum Gasteiger partial charge on any atom is 0.243 e. The Labute approximate surface area is 467 Å². The van der Waals surface area contributed by atoms with Gasteiger partial charge in [-0.1, -0.05) is 90.4 Å². The standard InChI is InChI=1S/C56H109N13O9/c1-2-3-4-5-6-7-8-9-10-11-12-13-14-27-42(70)40-49(71)63-41-50(72)64-44(29-16-22-35-58)52(74)66-48-33-20-26-39-62-51(73)43(28-15-21-34-57)65-53(75)45(30-17-23-36-59)67-54(76)46(31-18-24-37-60)68-55(77)47(69-56(48)78)32-19-25-38-61/h42-48,70H,2-41,57-61H2,1H3,(H,62,73)(H,63,71)(H,64,72)(H,65,75)(H,66,74)(H,67,76)(H,68,77)(H,69,78)/t42-,43+,44+,45-,46-,47+,48-/m1/s1. The third kappa shape index (κ3) is 35.2. The number of hydrogen-bond acceptors (Lipinski definition) is 14. The Balaban J connectivity index is 3.26. The van der Waals surface area contributed by atoms with Crippen molar-refractivity contribution in [3.63, 3.8) is 0 Å². The van der Waals surface area contributed by atoms with Crippen LogP contribution < -0.4 is 71.2 Å². The molecule has 22 heteroatoms. The van der Waals surface area contributed by atoms with E-state index in [1.165, 1.54) is 57.8 Å². The minimum atomic E-state index is -1.22. The second-order valence-electron chi connectivity index (χ2n) is 21.3. The number of unbranched alkanes of at least 4 members (excludes halogenated alkanes) is 17. The smallest absolute Gasteiger partial charge is 0.243 e. The zero-order valence-corrected chi connectivity index (χ0v) is 47.9. The normalized spacial score (nSPS) is 19.9. The predicted octanol–water partition coefficient (Wildman–Crippen LogP) is 2.19. The fourth-order valence-corrected chi connectivity index (χ4v) is 9.46. The number of nitrogens with one attached hydrogen (secondary N) is 8. The molecule has 0 spiro atoms. The molecule has 0 aliphatic carbocycles. The van der Waals surface area contributed by atoms with Gasteiger partial charge in [0.05, 0.1) is 19.1 Å². The summed E-state index contributed by atoms with van der Waals surface area (Å²) in [6, 6.07) is -6.65. The Hall–Kier alpha value is -4.48. The van der Waals surface area contributed by atoms with Crippen LogP contribution in [0.4, 0.5) is 0 Å². The van der Waals surface area contributed by atoms with Gasteiger partial charge >= 0.3 is 0 Å². The third-order valence-electron chi connectivity index (χ3n) is 14.3. The fraction of sp³-hybridized carbons (Fsp3) is 0.857. The van der Waals surface area contributed by atoms with Crippen LogP contribution in [0.15, 0.2) is 0 Å². The van der Waals surface area contributed by atoms with Crippen molar-refractivity contribution < 1.29 is 43.5 Å². The van der Waals surface area contributed by atoms with E-state index in [0.717, 1.165) is 25.7 Å². The van der Waals surface area contributed by atoms with Crippen LogP contribution in [0.1, 0.15) is 219 Å². The van der Waals surface area contributed by atoms with E-state index >= 15 is 0 Å². The van der Waals surface area contributed by atoms with Crippen molar-refractivity contribution in [3.05, 3.63) is 0 Å². The summed E-state index contributed by atoms with van der Waals surface area (Å²) in [5.41, 5.74) is 28.9. The highest BCUT2D eigenvalue weighted by atomic mass is 16.3. The van der Waals surface area contributed by atoms with E-state index in [2.05, 4.69) is 49.5 Å². The number of aliphatic hydroxyl groups excluding tert-OH is 1. The molecule has 0 aromatic carbocycles. The van der Waals surface area contributed by atoms with Gasteiger partial charge in [0.1, 0.15) is 36.3 Å². The van der Waals surface area contributed by atoms with Gasteiger partial charge in [0.2, 0.25) is 47.3 Å². The van der Waals surface area contributed by atoms with E-state index in [1.807, 2.05) is 0 Å². The molecule has 0 bridgehead atoms. The minimum Gasteiger partial charge on any atom is -0.393 e. The summed E-state index contributed by atoms with van der Waals surface area (Å²) < 4.78 is 0. The molecule has 1 rings (SSSR count). The molecule has 8 amide bonds. The van der Waals surface area contributed by atoms with Crippen LogP contribution in [0.5, 0.6) is 0 Å². The number of hydrogen-bond donors (Lipinski definition) is 14. The Bertz CT molecular complexity index is 1660. The monoisotopic (exact) mass is 1110 g/mol. The first-order valence-corrected chi connectivity index (χ1v) is 30.3. The summed E-state index contributed by atoms with van der Waals surface area (Å²) in [7, 11) is 0. The summed E-state index contributed by atoms with van der Waals surface area (Å²) in [6.07, 6.45) is 22.1. The van der Waals surface area contributed by atoms with Crippen LogP contribution in [0.2, 0.25) is 0 Å². The molecular formula is C56H109N13O9. The van der Waals surface area contributed by atoms with Crippen molar-refractivity contribution in [2.24, 2.45) is 28.7 Å². The van der Waals surface area contributed by atoms with Gasteiger partial charge in [-0.2, -0.15) is 0 Å². The fourth-order valence-electron chi connectivity index (χ4n) is 9.46. The molecule has 22 nitrogen and oxygen atoms in total. The largest absolute Gasteiger partial charge is 0.393 e. The molecule has 452 valence electrons. The highest BCUT2D eigenvalue weighted by molar-refractivity contribution is 5.97. The quantitative estimate of drug-likeness (QED) is 0.0391. The van der Waals surface area contributed by atoms with Gasteiger partial charge in [0.25, 0.3) is 0 Å². The Morgan fingerprint density at radius 1 is 0.500 bits per heavy atom. The highest BCUT2D eigenvalue weighted by Crippen LogP contribution is 2.15. The van der Waals surface area contributed by atoms with Crippen molar-refractivity contribution in [1.82, 2.24) is 42.5 Å². The van der Waals surface area contributed by atoms with E-state index in [4.69, 9.17) is 28.7 Å². The highest BCUT2D eigenvalue weighted by Gasteiger charge is 2.33. The van der Waals surface area contributed by atoms with E-state index in [0.29, 0.717) is 116 Å². The van der Waals surface area contributed by atoms with Crippen LogP contribution in [0.3, 0.4) is 0 Å². The van der Waals surface area contributed by atoms with E-state index in [-0.39, 0.29) is 51.5 Å². The predicted molar refractivity (Wildman–Crippen MR) is 307 cm³/mol. The van der Waals surface area contributed by atoms with Gasteiger partial charge in [0.15, 0.2) is 0 Å². The average molecular weight is 1110 g/mol. The Kier molecular flexibility index (Phi) is 43.4. The first-order chi connectivity index (χ1) is 37.7. The lowest BCUT2D eigenvalue weighted by molar-refractivity contribution is -0.135. The SMILES string of the molecule is CCCCCCCCCCCCCCC[C@@H](O)CC(=O)NCC(=O)N[C@@H](CCCCN)C(=O)N[C@@H]1CCCCNC(=O)[C@H](CCCCN)NC(=O)[C@@H](CCCCN)NC(=O)[C@@H](CCCCN)NC(=O)[C@H](CCCCN)NC1=O. The van der Waals surface area contributed by atoms with Gasteiger partial charge in [-0.15, -0.1) is 0 Å². The molecule has 1 saturated heterocycles. The van der Waals surface area contributed by atoms with Crippen LogP contribution in [-0.4, -0.2) is 141 Å². The summed E-state index contributed by atoms with van der Waals surface area (Å²) in [6.45, 7) is 3.70. The number of nitrogens with two attached hydrogens (primary N) is 5. The van der Waals surface area contributed by atoms with Crippen molar-refractivity contribution in [3.8, 4) is 0 Å². The first-order valence-electron chi connectivity index (χ1n) is 30.3. The van der Waals surface area contributed by atoms with Crippen molar-refractivity contribution in [2.75, 3.05) is 45.8 Å². The molecule has 0 saturated carbocycles. The van der Waals surface area contributed by atoms with Gasteiger partial charge < -0.3 is 76.3 Å². The molecule has 1 fully saturated rings. The number of carbonyl (C=O) groups is 8. The maximum absolute atomic E-state index is 14.4. The van der Waals surface area contributed by atoms with Gasteiger partial charge in [-0.25, -0.2) is 0 Å². The summed E-state index contributed by atoms with van der Waals surface area (Å²) >= 11 is 0. The molecule has 1 aliphatic heterocycles. The van der Waals surface area contributed by atoms with Gasteiger partial charge in [0, 0.05) is 6.54 Å². The Morgan fingerprint density at radius 3 is 1.35 bits per heavy atom. The molecular weight excluding hydrogens is 999 g/mol. The second kappa shape index (κ2) is 47.3. The maximum atomic E-state index is 14.4. The van der Waals surface area contributed by atoms with E-state index in [1.54, 1.807) is 0 Å². The molecule has 7 atom stereocenters. The van der Waals surface area contributed by atoms with Crippen LogP contribution in [-0.2, 0) is 38.4 Å². The van der Waals surface area contributed by atoms with E-state index in [9.17, 15) is 43.5 Å². The lowest BCUT2D eigenvalue weighted by Crippen LogP contribution is -2.59. The van der Waals surface area contributed by atoms with Crippen molar-refractivity contribution in [2.45, 2.75) is 261 Å². The zero-order valence-electron chi connectivity index (χ0n) is 47.9. The summed E-state index contributed by atoms with van der Waals surface area (Å²) in [5, 5.41) is 32.8. The number of aliphatic hydroxyl groups is 1. The van der Waals surface area contributed by atoms with Gasteiger partial charge in [-0.3, -0.25) is 38.4 Å². The van der Waals surface area contributed by atoms with Crippen molar-refractivity contribution in [1.29, 1.82) is 0 Å². The lowest BCUT2D eigenvalue weighted by Gasteiger charge is -2.28. The third-order valence-corrected chi connectivity index (χ3v) is 14.3. The van der Waals surface area contributed by atoms with Crippen LogP contribution in [0, 0.1) is 0 Å². The lowest BCUT2D eigenvalue weighted by atomic mass is 10.0. The minimum absolute atomic E-state index is 0.0665. The molecule has 1 heterocycles. The molecule has 19 N–H and O–H groups in total. The number of carbonyl (C=O) groups excluding carboxylic acids is 8.